The van der Waals surface area contributed by atoms with E-state index in [4.69, 9.17) is 11.6 Å². The SMILES string of the molecule is Cn1cc2c([C@H](Nc3cc(Cl)c4ncc(C#N)c(NCC(C)(C)C)c4c3)c3cn(C4(C(F)F)CC4)nn3)cccc2n1. The Balaban J connectivity index is 1.48. The Bertz CT molecular complexity index is 1840. The highest BCUT2D eigenvalue weighted by Crippen LogP contribution is 2.48. The molecule has 0 spiro atoms. The minimum absolute atomic E-state index is 0.0432. The first-order chi connectivity index (χ1) is 20.0. The zero-order chi connectivity index (χ0) is 29.8. The molecule has 1 aliphatic carbocycles. The van der Waals surface area contributed by atoms with E-state index < -0.39 is 18.0 Å². The zero-order valence-corrected chi connectivity index (χ0v) is 24.4. The molecule has 6 rings (SSSR count). The van der Waals surface area contributed by atoms with E-state index in [1.54, 1.807) is 16.9 Å². The first-order valence-electron chi connectivity index (χ1n) is 13.6. The second kappa shape index (κ2) is 10.2. The van der Waals surface area contributed by atoms with Crippen molar-refractivity contribution in [1.82, 2.24) is 29.8 Å². The number of benzene rings is 2. The Labute approximate surface area is 246 Å². The molecule has 1 saturated carbocycles. The number of aryl methyl sites for hydroxylation is 1. The van der Waals surface area contributed by atoms with Crippen LogP contribution in [-0.4, -0.2) is 42.7 Å². The zero-order valence-electron chi connectivity index (χ0n) is 23.7. The van der Waals surface area contributed by atoms with Gasteiger partial charge >= 0.3 is 0 Å². The fourth-order valence-corrected chi connectivity index (χ4v) is 5.46. The summed E-state index contributed by atoms with van der Waals surface area (Å²) in [6.07, 6.45) is 3.19. The second-order valence-corrected chi connectivity index (χ2v) is 12.5. The number of rotatable bonds is 8. The van der Waals surface area contributed by atoms with Gasteiger partial charge in [-0.15, -0.1) is 5.10 Å². The van der Waals surface area contributed by atoms with Crippen LogP contribution in [0.5, 0.6) is 0 Å². The minimum atomic E-state index is -2.54. The number of alkyl halides is 2. The smallest absolute Gasteiger partial charge is 0.263 e. The van der Waals surface area contributed by atoms with E-state index in [9.17, 15) is 14.0 Å². The lowest BCUT2D eigenvalue weighted by molar-refractivity contribution is 0.0593. The molecule has 1 fully saturated rings. The summed E-state index contributed by atoms with van der Waals surface area (Å²) in [5.41, 5.74) is 3.00. The van der Waals surface area contributed by atoms with Crippen molar-refractivity contribution in [3.8, 4) is 6.07 Å². The maximum Gasteiger partial charge on any atom is 0.263 e. The van der Waals surface area contributed by atoms with Crippen LogP contribution >= 0.6 is 11.6 Å². The van der Waals surface area contributed by atoms with E-state index in [1.165, 1.54) is 10.9 Å². The lowest BCUT2D eigenvalue weighted by Gasteiger charge is -2.22. The Morgan fingerprint density at radius 2 is 1.95 bits per heavy atom. The van der Waals surface area contributed by atoms with Crippen LogP contribution in [0.3, 0.4) is 0 Å². The summed E-state index contributed by atoms with van der Waals surface area (Å²) >= 11 is 6.76. The minimum Gasteiger partial charge on any atom is -0.383 e. The number of nitrogens with zero attached hydrogens (tertiary/aromatic N) is 7. The van der Waals surface area contributed by atoms with Crippen LogP contribution in [0.2, 0.25) is 5.02 Å². The molecule has 0 amide bonds. The first-order valence-corrected chi connectivity index (χ1v) is 14.0. The number of anilines is 2. The third-order valence-electron chi connectivity index (χ3n) is 7.59. The summed E-state index contributed by atoms with van der Waals surface area (Å²) < 4.78 is 30.9. The van der Waals surface area contributed by atoms with Crippen molar-refractivity contribution in [2.75, 3.05) is 17.2 Å². The van der Waals surface area contributed by atoms with Crippen molar-refractivity contribution in [2.24, 2.45) is 12.5 Å². The van der Waals surface area contributed by atoms with Gasteiger partial charge in [-0.3, -0.25) is 9.67 Å². The van der Waals surface area contributed by atoms with Gasteiger partial charge in [0.2, 0.25) is 0 Å². The molecule has 42 heavy (non-hydrogen) atoms. The number of hydrogen-bond donors (Lipinski definition) is 2. The summed E-state index contributed by atoms with van der Waals surface area (Å²) in [7, 11) is 1.84. The third-order valence-corrected chi connectivity index (χ3v) is 7.88. The molecule has 12 heteroatoms. The van der Waals surface area contributed by atoms with E-state index in [2.05, 4.69) is 57.9 Å². The normalized spacial score (nSPS) is 15.2. The van der Waals surface area contributed by atoms with Gasteiger partial charge in [0.05, 0.1) is 39.5 Å². The van der Waals surface area contributed by atoms with E-state index in [1.807, 2.05) is 37.5 Å². The van der Waals surface area contributed by atoms with Gasteiger partial charge in [-0.05, 0) is 42.0 Å². The fraction of sp³-hybridized carbons (Fsp3) is 0.367. The van der Waals surface area contributed by atoms with E-state index in [0.29, 0.717) is 57.9 Å². The molecule has 2 N–H and O–H groups in total. The highest BCUT2D eigenvalue weighted by Gasteiger charge is 2.54. The molecule has 0 bridgehead atoms. The molecule has 3 heterocycles. The number of hydrogen-bond acceptors (Lipinski definition) is 7. The van der Waals surface area contributed by atoms with E-state index in [0.717, 1.165) is 16.5 Å². The van der Waals surface area contributed by atoms with Crippen LogP contribution in [-0.2, 0) is 12.6 Å². The van der Waals surface area contributed by atoms with Crippen molar-refractivity contribution < 1.29 is 8.78 Å². The van der Waals surface area contributed by atoms with Gasteiger partial charge < -0.3 is 10.6 Å². The molecule has 1 atom stereocenters. The predicted molar refractivity (Wildman–Crippen MR) is 159 cm³/mol. The summed E-state index contributed by atoms with van der Waals surface area (Å²) in [5.74, 6) is 0. The highest BCUT2D eigenvalue weighted by atomic mass is 35.5. The van der Waals surface area contributed by atoms with Crippen molar-refractivity contribution in [1.29, 1.82) is 5.26 Å². The van der Waals surface area contributed by atoms with Gasteiger partial charge in [0, 0.05) is 42.4 Å². The topological polar surface area (TPSA) is 109 Å². The maximum absolute atomic E-state index is 13.9. The van der Waals surface area contributed by atoms with Gasteiger partial charge in [0.15, 0.2) is 0 Å². The molecule has 2 aromatic carbocycles. The monoisotopic (exact) mass is 589 g/mol. The Hall–Kier alpha value is -4.30. The van der Waals surface area contributed by atoms with Crippen LogP contribution in [0, 0.1) is 16.7 Å². The lowest BCUT2D eigenvalue weighted by atomic mass is 9.96. The molecular weight excluding hydrogens is 560 g/mol. The van der Waals surface area contributed by atoms with Crippen LogP contribution in [0.25, 0.3) is 21.8 Å². The van der Waals surface area contributed by atoms with Crippen molar-refractivity contribution in [2.45, 2.75) is 51.6 Å². The molecule has 5 aromatic rings. The predicted octanol–water partition coefficient (Wildman–Crippen LogP) is 6.65. The molecule has 0 saturated heterocycles. The second-order valence-electron chi connectivity index (χ2n) is 12.1. The maximum atomic E-state index is 13.9. The van der Waals surface area contributed by atoms with Crippen LogP contribution < -0.4 is 10.6 Å². The number of fused-ring (bicyclic) bond motifs is 2. The third kappa shape index (κ3) is 5.00. The number of halogens is 3. The molecule has 9 nitrogen and oxygen atoms in total. The van der Waals surface area contributed by atoms with Gasteiger partial charge in [0.1, 0.15) is 17.3 Å². The lowest BCUT2D eigenvalue weighted by Crippen LogP contribution is -2.26. The largest absolute Gasteiger partial charge is 0.383 e. The quantitative estimate of drug-likeness (QED) is 0.208. The molecule has 0 aliphatic heterocycles. The number of nitrogens with one attached hydrogen (secondary N) is 2. The van der Waals surface area contributed by atoms with Crippen molar-refractivity contribution >= 4 is 44.8 Å². The molecule has 1 aliphatic rings. The molecule has 0 unspecified atom stereocenters. The van der Waals surface area contributed by atoms with Crippen LogP contribution in [0.4, 0.5) is 20.2 Å². The number of aromatic nitrogens is 6. The molecule has 0 radical (unpaired) electrons. The summed E-state index contributed by atoms with van der Waals surface area (Å²) in [5, 5.41) is 31.8. The Morgan fingerprint density at radius 3 is 2.64 bits per heavy atom. The van der Waals surface area contributed by atoms with E-state index in [-0.39, 0.29) is 5.41 Å². The number of nitriles is 1. The number of pyridine rings is 1. The Morgan fingerprint density at radius 1 is 1.17 bits per heavy atom. The summed E-state index contributed by atoms with van der Waals surface area (Å²) in [6, 6.07) is 11.1. The average Bonchev–Trinajstić information content (AvgIpc) is 3.44. The molecule has 3 aromatic heterocycles. The van der Waals surface area contributed by atoms with Gasteiger partial charge in [-0.25, -0.2) is 13.5 Å². The van der Waals surface area contributed by atoms with Crippen LogP contribution in [0.15, 0.2) is 48.9 Å². The fourth-order valence-electron chi connectivity index (χ4n) is 5.19. The standard InChI is InChI=1S/C30H30ClF2N9/c1-29(2,3)16-36-25-17(12-34)13-35-26-20(25)10-18(11-22(26)31)37-27(19-6-5-7-23-21(19)14-41(4)39-23)24-15-42(40-38-24)30(8-9-30)28(32)33/h5-7,10-11,13-15,27-28,37H,8-9,16H2,1-4H3,(H,35,36)/t27-/m0/s1. The highest BCUT2D eigenvalue weighted by molar-refractivity contribution is 6.35. The average molecular weight is 590 g/mol. The first kappa shape index (κ1) is 27.8. The Kier molecular flexibility index (Phi) is 6.77. The summed E-state index contributed by atoms with van der Waals surface area (Å²) in [4.78, 5) is 4.46. The van der Waals surface area contributed by atoms with Crippen LogP contribution in [0.1, 0.15) is 56.5 Å². The molecule has 216 valence electrons. The summed E-state index contributed by atoms with van der Waals surface area (Å²) in [6.45, 7) is 6.93. The van der Waals surface area contributed by atoms with Crippen molar-refractivity contribution in [3.63, 3.8) is 0 Å². The molecular formula is C30H30ClF2N9. The van der Waals surface area contributed by atoms with Gasteiger partial charge in [-0.2, -0.15) is 10.4 Å². The van der Waals surface area contributed by atoms with Gasteiger partial charge in [-0.1, -0.05) is 49.7 Å². The van der Waals surface area contributed by atoms with Gasteiger partial charge in [0.25, 0.3) is 6.43 Å². The van der Waals surface area contributed by atoms with Crippen molar-refractivity contribution in [3.05, 3.63) is 70.8 Å². The van der Waals surface area contributed by atoms with E-state index >= 15 is 0 Å².